The minimum absolute atomic E-state index is 0.136. The van der Waals surface area contributed by atoms with Gasteiger partial charge in [0.25, 0.3) is 5.91 Å². The largest absolute Gasteiger partial charge is 0.451 e. The molecule has 5 nitrogen and oxygen atoms in total. The Morgan fingerprint density at radius 3 is 2.88 bits per heavy atom. The van der Waals surface area contributed by atoms with Gasteiger partial charge >= 0.3 is 5.97 Å². The second-order valence-electron chi connectivity index (χ2n) is 4.73. The number of amides is 1. The summed E-state index contributed by atoms with van der Waals surface area (Å²) in [6.45, 7) is -0.485. The number of nitrogens with one attached hydrogen (secondary N) is 1. The number of carbonyl (C=O) groups is 2. The van der Waals surface area contributed by atoms with Crippen molar-refractivity contribution in [3.63, 3.8) is 0 Å². The predicted octanol–water partition coefficient (Wildman–Crippen LogP) is 3.88. The van der Waals surface area contributed by atoms with E-state index in [1.165, 1.54) is 18.3 Å². The van der Waals surface area contributed by atoms with E-state index in [2.05, 4.69) is 10.3 Å². The third-order valence-corrected chi connectivity index (χ3v) is 4.46. The Morgan fingerprint density at radius 2 is 2.12 bits per heavy atom. The summed E-state index contributed by atoms with van der Waals surface area (Å²) in [4.78, 5) is 27.8. The lowest BCUT2D eigenvalue weighted by molar-refractivity contribution is -0.119. The third-order valence-electron chi connectivity index (χ3n) is 3.08. The normalized spacial score (nSPS) is 10.6. The third kappa shape index (κ3) is 3.52. The average Bonchev–Trinajstić information content (AvgIpc) is 3.00. The van der Waals surface area contributed by atoms with Crippen molar-refractivity contribution in [1.29, 1.82) is 0 Å². The topological polar surface area (TPSA) is 68.3 Å². The number of carbonyl (C=O) groups excluding carboxylic acids is 2. The fraction of sp³-hybridized carbons (Fsp3) is 0.0625. The van der Waals surface area contributed by atoms with Crippen molar-refractivity contribution in [2.24, 2.45) is 0 Å². The summed E-state index contributed by atoms with van der Waals surface area (Å²) in [6.07, 6.45) is 1.48. The Labute approximate surface area is 145 Å². The van der Waals surface area contributed by atoms with Crippen LogP contribution < -0.4 is 5.32 Å². The number of hydrogen-bond donors (Lipinski definition) is 1. The monoisotopic (exact) mass is 364 g/mol. The average molecular weight is 365 g/mol. The molecule has 0 bridgehead atoms. The lowest BCUT2D eigenvalue weighted by Crippen LogP contribution is -2.20. The first-order valence-electron chi connectivity index (χ1n) is 6.80. The Morgan fingerprint density at radius 1 is 1.29 bits per heavy atom. The zero-order chi connectivity index (χ0) is 17.1. The minimum Gasteiger partial charge on any atom is -0.451 e. The van der Waals surface area contributed by atoms with Crippen LogP contribution in [0.15, 0.2) is 42.6 Å². The lowest BCUT2D eigenvalue weighted by atomic mass is 10.2. The lowest BCUT2D eigenvalue weighted by Gasteiger charge is -2.06. The number of aromatic nitrogens is 1. The van der Waals surface area contributed by atoms with Crippen molar-refractivity contribution >= 4 is 50.6 Å². The van der Waals surface area contributed by atoms with Gasteiger partial charge in [-0.25, -0.2) is 14.2 Å². The number of rotatable bonds is 4. The molecule has 0 fully saturated rings. The van der Waals surface area contributed by atoms with Gasteiger partial charge in [0, 0.05) is 16.3 Å². The molecule has 122 valence electrons. The fourth-order valence-electron chi connectivity index (χ4n) is 1.99. The number of fused-ring (bicyclic) bond motifs is 1. The summed E-state index contributed by atoms with van der Waals surface area (Å²) in [6, 6.07) is 9.18. The number of nitrogens with zero attached hydrogens (tertiary/aromatic N) is 1. The SMILES string of the molecule is O=C(COC(=O)c1cc2c(F)cccc2s1)Nc1cccnc1Cl. The van der Waals surface area contributed by atoms with E-state index < -0.39 is 24.3 Å². The molecule has 1 amide bonds. The van der Waals surface area contributed by atoms with Crippen molar-refractivity contribution in [1.82, 2.24) is 4.98 Å². The number of pyridine rings is 1. The van der Waals surface area contributed by atoms with Crippen molar-refractivity contribution < 1.29 is 18.7 Å². The van der Waals surface area contributed by atoms with Crippen LogP contribution in [0.2, 0.25) is 5.15 Å². The van der Waals surface area contributed by atoms with Crippen LogP contribution in [0.1, 0.15) is 9.67 Å². The molecular weight excluding hydrogens is 355 g/mol. The second kappa shape index (κ2) is 6.94. The van der Waals surface area contributed by atoms with Gasteiger partial charge in [-0.3, -0.25) is 4.79 Å². The molecule has 1 aromatic carbocycles. The van der Waals surface area contributed by atoms with Gasteiger partial charge in [0.15, 0.2) is 11.8 Å². The molecule has 0 saturated heterocycles. The van der Waals surface area contributed by atoms with Crippen LogP contribution in [-0.2, 0) is 9.53 Å². The van der Waals surface area contributed by atoms with Crippen molar-refractivity contribution in [2.75, 3.05) is 11.9 Å². The predicted molar refractivity (Wildman–Crippen MR) is 89.9 cm³/mol. The van der Waals surface area contributed by atoms with E-state index in [0.717, 1.165) is 11.3 Å². The molecule has 0 aliphatic heterocycles. The summed E-state index contributed by atoms with van der Waals surface area (Å²) in [7, 11) is 0. The quantitative estimate of drug-likeness (QED) is 0.563. The molecule has 0 aliphatic carbocycles. The van der Waals surface area contributed by atoms with Gasteiger partial charge in [0.05, 0.1) is 5.69 Å². The number of hydrogen-bond acceptors (Lipinski definition) is 5. The number of ether oxygens (including phenoxy) is 1. The molecule has 0 aliphatic rings. The smallest absolute Gasteiger partial charge is 0.348 e. The van der Waals surface area contributed by atoms with Crippen LogP contribution in [0.3, 0.4) is 0 Å². The van der Waals surface area contributed by atoms with E-state index in [9.17, 15) is 14.0 Å². The Balaban J connectivity index is 1.63. The minimum atomic E-state index is -0.692. The highest BCUT2D eigenvalue weighted by Gasteiger charge is 2.15. The molecule has 0 spiro atoms. The number of halogens is 2. The van der Waals surface area contributed by atoms with E-state index in [4.69, 9.17) is 16.3 Å². The summed E-state index contributed by atoms with van der Waals surface area (Å²) >= 11 is 6.92. The Bertz CT molecular complexity index is 929. The molecule has 3 aromatic rings. The van der Waals surface area contributed by atoms with Crippen molar-refractivity contribution in [3.05, 3.63) is 58.4 Å². The van der Waals surface area contributed by atoms with E-state index >= 15 is 0 Å². The van der Waals surface area contributed by atoms with E-state index in [1.807, 2.05) is 0 Å². The van der Waals surface area contributed by atoms with Crippen LogP contribution in [0, 0.1) is 5.82 Å². The number of benzene rings is 1. The van der Waals surface area contributed by atoms with Gasteiger partial charge in [0.2, 0.25) is 0 Å². The van der Waals surface area contributed by atoms with Crippen LogP contribution in [0.4, 0.5) is 10.1 Å². The first kappa shape index (κ1) is 16.4. The standard InChI is InChI=1S/C16H10ClFN2O3S/c17-15-11(4-2-6-19-15)20-14(21)8-23-16(22)13-7-9-10(18)3-1-5-12(9)24-13/h1-7H,8H2,(H,20,21). The molecule has 3 rings (SSSR count). The zero-order valence-electron chi connectivity index (χ0n) is 12.1. The van der Waals surface area contributed by atoms with Gasteiger partial charge in [0.1, 0.15) is 10.7 Å². The maximum absolute atomic E-state index is 13.6. The van der Waals surface area contributed by atoms with Crippen LogP contribution in [0.5, 0.6) is 0 Å². The van der Waals surface area contributed by atoms with Gasteiger partial charge in [-0.2, -0.15) is 0 Å². The summed E-state index contributed by atoms with van der Waals surface area (Å²) in [5.74, 6) is -1.65. The van der Waals surface area contributed by atoms with Crippen LogP contribution in [-0.4, -0.2) is 23.5 Å². The first-order valence-corrected chi connectivity index (χ1v) is 7.99. The van der Waals surface area contributed by atoms with Gasteiger partial charge in [-0.05, 0) is 30.3 Å². The maximum Gasteiger partial charge on any atom is 0.348 e. The maximum atomic E-state index is 13.6. The van der Waals surface area contributed by atoms with E-state index in [0.29, 0.717) is 15.8 Å². The molecule has 1 N–H and O–H groups in total. The number of thiophene rings is 1. The molecular formula is C16H10ClFN2O3S. The molecule has 24 heavy (non-hydrogen) atoms. The molecule has 8 heteroatoms. The second-order valence-corrected chi connectivity index (χ2v) is 6.17. The van der Waals surface area contributed by atoms with Gasteiger partial charge in [-0.15, -0.1) is 11.3 Å². The summed E-state index contributed by atoms with van der Waals surface area (Å²) in [5.41, 5.74) is 0.323. The number of esters is 1. The van der Waals surface area contributed by atoms with E-state index in [1.54, 1.807) is 24.3 Å². The Hall–Kier alpha value is -2.51. The highest BCUT2D eigenvalue weighted by atomic mass is 35.5. The zero-order valence-corrected chi connectivity index (χ0v) is 13.7. The molecule has 2 aromatic heterocycles. The highest BCUT2D eigenvalue weighted by Crippen LogP contribution is 2.28. The van der Waals surface area contributed by atoms with Crippen molar-refractivity contribution in [3.8, 4) is 0 Å². The molecule has 0 radical (unpaired) electrons. The summed E-state index contributed by atoms with van der Waals surface area (Å²) < 4.78 is 19.2. The Kier molecular flexibility index (Phi) is 4.73. The van der Waals surface area contributed by atoms with Crippen LogP contribution >= 0.6 is 22.9 Å². The molecule has 0 saturated carbocycles. The highest BCUT2D eigenvalue weighted by molar-refractivity contribution is 7.20. The number of anilines is 1. The van der Waals surface area contributed by atoms with Crippen molar-refractivity contribution in [2.45, 2.75) is 0 Å². The molecule has 0 atom stereocenters. The van der Waals surface area contributed by atoms with Gasteiger partial charge in [-0.1, -0.05) is 17.7 Å². The van der Waals surface area contributed by atoms with Gasteiger partial charge < -0.3 is 10.1 Å². The molecule has 2 heterocycles. The fourth-order valence-corrected chi connectivity index (χ4v) is 3.13. The van der Waals surface area contributed by atoms with E-state index in [-0.39, 0.29) is 10.0 Å². The molecule has 0 unspecified atom stereocenters. The van der Waals surface area contributed by atoms with Crippen LogP contribution in [0.25, 0.3) is 10.1 Å². The summed E-state index contributed by atoms with van der Waals surface area (Å²) in [5, 5.41) is 2.97. The first-order chi connectivity index (χ1) is 11.5.